The van der Waals surface area contributed by atoms with E-state index in [9.17, 15) is 0 Å². The van der Waals surface area contributed by atoms with Gasteiger partial charge in [-0.15, -0.1) is 0 Å². The van der Waals surface area contributed by atoms with Crippen LogP contribution in [-0.2, 0) is 0 Å². The number of hydrogen-bond donors (Lipinski definition) is 0. The number of para-hydroxylation sites is 2. The summed E-state index contributed by atoms with van der Waals surface area (Å²) in [5, 5.41) is 12.2. The molecule has 0 amide bonds. The van der Waals surface area contributed by atoms with Crippen LogP contribution in [0.25, 0.3) is 126 Å². The first-order valence-electron chi connectivity index (χ1n) is 25.7. The van der Waals surface area contributed by atoms with E-state index >= 15 is 0 Å². The van der Waals surface area contributed by atoms with Gasteiger partial charge in [-0.05, 0) is 156 Å². The normalized spacial score (nSPS) is 11.7. The summed E-state index contributed by atoms with van der Waals surface area (Å²) in [7, 11) is 0. The highest BCUT2D eigenvalue weighted by atomic mass is 16.3. The summed E-state index contributed by atoms with van der Waals surface area (Å²) < 4.78 is 8.86. The quantitative estimate of drug-likeness (QED) is 0.142. The van der Waals surface area contributed by atoms with E-state index in [0.29, 0.717) is 0 Å². The molecule has 0 saturated carbocycles. The van der Waals surface area contributed by atoms with Gasteiger partial charge in [0, 0.05) is 49.7 Å². The van der Waals surface area contributed by atoms with Crippen LogP contribution in [0.2, 0.25) is 0 Å². The average Bonchev–Trinajstić information content (AvgIpc) is 4.06. The van der Waals surface area contributed by atoms with E-state index in [1.807, 2.05) is 0 Å². The summed E-state index contributed by atoms with van der Waals surface area (Å²) in [5.74, 6) is 0. The molecule has 15 aromatic rings. The molecular formula is C72H46N2O. The predicted molar refractivity (Wildman–Crippen MR) is 317 cm³/mol. The molecule has 0 radical (unpaired) electrons. The summed E-state index contributed by atoms with van der Waals surface area (Å²) in [6, 6.07) is 101. The van der Waals surface area contributed by atoms with Crippen molar-refractivity contribution in [3.8, 4) is 50.2 Å². The summed E-state index contributed by atoms with van der Waals surface area (Å²) in [6.45, 7) is 0. The zero-order valence-electron chi connectivity index (χ0n) is 40.9. The van der Waals surface area contributed by atoms with Crippen molar-refractivity contribution in [3.05, 3.63) is 279 Å². The molecule has 0 aliphatic heterocycles. The highest BCUT2D eigenvalue weighted by molar-refractivity contribution is 6.16. The Labute approximate surface area is 434 Å². The number of nitrogens with zero attached hydrogens (tertiary/aromatic N) is 2. The second-order valence-electron chi connectivity index (χ2n) is 19.7. The molecule has 0 aliphatic carbocycles. The molecule has 0 fully saturated rings. The van der Waals surface area contributed by atoms with Crippen LogP contribution in [-0.4, -0.2) is 4.57 Å². The first-order valence-corrected chi connectivity index (χ1v) is 25.7. The van der Waals surface area contributed by atoms with Crippen LogP contribution in [0, 0.1) is 0 Å². The molecule has 3 nitrogen and oxygen atoms in total. The maximum Gasteiger partial charge on any atom is 0.143 e. The first-order chi connectivity index (χ1) is 37.1. The molecule has 0 saturated heterocycles. The second-order valence-corrected chi connectivity index (χ2v) is 19.7. The molecule has 0 N–H and O–H groups in total. The Bertz CT molecular complexity index is 4620. The highest BCUT2D eigenvalue weighted by Crippen LogP contribution is 2.41. The minimum atomic E-state index is 0.896. The lowest BCUT2D eigenvalue weighted by Crippen LogP contribution is -2.09. The van der Waals surface area contributed by atoms with Crippen LogP contribution in [0.5, 0.6) is 0 Å². The Morgan fingerprint density at radius 2 is 0.680 bits per heavy atom. The molecule has 0 atom stereocenters. The van der Waals surface area contributed by atoms with E-state index in [-0.39, 0.29) is 0 Å². The van der Waals surface area contributed by atoms with Crippen molar-refractivity contribution in [1.82, 2.24) is 4.57 Å². The molecule has 0 unspecified atom stereocenters. The van der Waals surface area contributed by atoms with Gasteiger partial charge in [-0.25, -0.2) is 0 Å². The van der Waals surface area contributed by atoms with Crippen LogP contribution in [0.3, 0.4) is 0 Å². The van der Waals surface area contributed by atoms with Gasteiger partial charge < -0.3 is 13.9 Å². The lowest BCUT2D eigenvalue weighted by molar-refractivity contribution is 0.672. The maximum absolute atomic E-state index is 6.47. The van der Waals surface area contributed by atoms with Gasteiger partial charge in [0.15, 0.2) is 0 Å². The largest absolute Gasteiger partial charge is 0.455 e. The highest BCUT2D eigenvalue weighted by Gasteiger charge is 2.17. The summed E-state index contributed by atoms with van der Waals surface area (Å²) >= 11 is 0. The van der Waals surface area contributed by atoms with Crippen LogP contribution >= 0.6 is 0 Å². The minimum absolute atomic E-state index is 0.896. The van der Waals surface area contributed by atoms with Crippen molar-refractivity contribution in [2.24, 2.45) is 0 Å². The third kappa shape index (κ3) is 7.28. The van der Waals surface area contributed by atoms with Crippen molar-refractivity contribution in [3.63, 3.8) is 0 Å². The van der Waals surface area contributed by atoms with Crippen molar-refractivity contribution in [2.45, 2.75) is 0 Å². The third-order valence-electron chi connectivity index (χ3n) is 15.4. The van der Waals surface area contributed by atoms with Crippen molar-refractivity contribution >= 4 is 93.1 Å². The predicted octanol–water partition coefficient (Wildman–Crippen LogP) is 20.3. The lowest BCUT2D eigenvalue weighted by Gasteiger charge is -2.26. The number of furan rings is 1. The third-order valence-corrected chi connectivity index (χ3v) is 15.4. The summed E-state index contributed by atoms with van der Waals surface area (Å²) in [6.07, 6.45) is 0. The maximum atomic E-state index is 6.47. The molecule has 3 heteroatoms. The monoisotopic (exact) mass is 954 g/mol. The van der Waals surface area contributed by atoms with E-state index in [4.69, 9.17) is 4.42 Å². The number of rotatable bonds is 8. The van der Waals surface area contributed by atoms with Gasteiger partial charge in [0.25, 0.3) is 0 Å². The molecule has 0 bridgehead atoms. The van der Waals surface area contributed by atoms with Crippen molar-refractivity contribution in [1.29, 1.82) is 0 Å². The minimum Gasteiger partial charge on any atom is -0.455 e. The van der Waals surface area contributed by atoms with Crippen LogP contribution < -0.4 is 4.90 Å². The molecule has 350 valence electrons. The zero-order chi connectivity index (χ0) is 49.4. The standard InChI is InChI=1S/C72H46N2O/c1-3-14-62-52(10-1)24-25-57-44-55(33-41-63(57)62)49-22-20-47(21-23-49)48-26-35-58(36-27-48)73(60-39-30-51(31-40-60)56-34-43-71-68(46-56)67-42-32-53-11-2-4-15-64(53)72(67)75-71)59-37-28-50(29-38-59)54-12-9-13-61(45-54)74-69-18-7-5-16-65(69)66-17-6-8-19-70(66)74/h1-46H. The zero-order valence-corrected chi connectivity index (χ0v) is 40.9. The summed E-state index contributed by atoms with van der Waals surface area (Å²) in [4.78, 5) is 2.36. The Balaban J connectivity index is 0.769. The number of anilines is 3. The molecule has 2 heterocycles. The molecule has 75 heavy (non-hydrogen) atoms. The van der Waals surface area contributed by atoms with Gasteiger partial charge in [0.2, 0.25) is 0 Å². The van der Waals surface area contributed by atoms with Crippen LogP contribution in [0.1, 0.15) is 0 Å². The van der Waals surface area contributed by atoms with Crippen molar-refractivity contribution in [2.75, 3.05) is 4.90 Å². The Morgan fingerprint density at radius 1 is 0.253 bits per heavy atom. The number of benzene rings is 13. The fourth-order valence-electron chi connectivity index (χ4n) is 11.6. The first kappa shape index (κ1) is 42.7. The molecule has 0 aliphatic rings. The van der Waals surface area contributed by atoms with Crippen LogP contribution in [0.4, 0.5) is 17.1 Å². The average molecular weight is 955 g/mol. The lowest BCUT2D eigenvalue weighted by atomic mass is 9.96. The van der Waals surface area contributed by atoms with Gasteiger partial charge in [0.1, 0.15) is 11.2 Å². The number of aromatic nitrogens is 1. The molecule has 15 rings (SSSR count). The van der Waals surface area contributed by atoms with E-state index in [0.717, 1.165) is 72.3 Å². The summed E-state index contributed by atoms with van der Waals surface area (Å²) in [5.41, 5.74) is 18.0. The molecule has 2 aromatic heterocycles. The van der Waals surface area contributed by atoms with E-state index in [1.54, 1.807) is 0 Å². The Morgan fingerprint density at radius 3 is 1.31 bits per heavy atom. The van der Waals surface area contributed by atoms with Crippen LogP contribution in [0.15, 0.2) is 283 Å². The van der Waals surface area contributed by atoms with Gasteiger partial charge in [0.05, 0.1) is 11.0 Å². The molecule has 0 spiro atoms. The molecule has 13 aromatic carbocycles. The van der Waals surface area contributed by atoms with Gasteiger partial charge in [-0.1, -0.05) is 194 Å². The smallest absolute Gasteiger partial charge is 0.143 e. The number of hydrogen-bond acceptors (Lipinski definition) is 2. The van der Waals surface area contributed by atoms with Gasteiger partial charge in [-0.3, -0.25) is 0 Å². The molecular weight excluding hydrogens is 909 g/mol. The van der Waals surface area contributed by atoms with Gasteiger partial charge in [-0.2, -0.15) is 0 Å². The Hall–Kier alpha value is -9.96. The van der Waals surface area contributed by atoms with E-state index in [2.05, 4.69) is 289 Å². The van der Waals surface area contributed by atoms with E-state index in [1.165, 1.54) is 71.0 Å². The Kier molecular flexibility index (Phi) is 9.89. The van der Waals surface area contributed by atoms with E-state index < -0.39 is 0 Å². The number of fused-ring (bicyclic) bond motifs is 11. The van der Waals surface area contributed by atoms with Crippen molar-refractivity contribution < 1.29 is 4.42 Å². The topological polar surface area (TPSA) is 21.3 Å². The fourth-order valence-corrected chi connectivity index (χ4v) is 11.6. The second kappa shape index (κ2) is 17.4. The fraction of sp³-hybridized carbons (Fsp3) is 0. The van der Waals surface area contributed by atoms with Gasteiger partial charge >= 0.3 is 0 Å². The SMILES string of the molecule is c1cc(-c2ccc(N(c3ccc(-c4ccc(-c5ccc6c(ccc7ccccc76)c5)cc4)cc3)c3ccc(-c4ccc5oc6c7ccccc7ccc6c5c4)cc3)cc2)cc(-n2c3ccccc3c3ccccc32)c1.